The number of hydrogen-bond donors (Lipinski definition) is 3. The highest BCUT2D eigenvalue weighted by molar-refractivity contribution is 5.74. The molecule has 1 aromatic heterocycles. The van der Waals surface area contributed by atoms with Crippen LogP contribution in [0.25, 0.3) is 0 Å². The Balaban J connectivity index is 2.27. The molecule has 0 fully saturated rings. The second-order valence-corrected chi connectivity index (χ2v) is 5.17. The Kier molecular flexibility index (Phi) is 5.82. The van der Waals surface area contributed by atoms with Gasteiger partial charge in [-0.05, 0) is 19.3 Å². The Morgan fingerprint density at radius 2 is 2.16 bits per heavy atom. The van der Waals surface area contributed by atoms with Crippen molar-refractivity contribution in [2.24, 2.45) is 13.0 Å². The molecule has 1 rings (SSSR count). The van der Waals surface area contributed by atoms with Gasteiger partial charge in [-0.3, -0.25) is 4.68 Å². The summed E-state index contributed by atoms with van der Waals surface area (Å²) in [5.41, 5.74) is 0.958. The van der Waals surface area contributed by atoms with E-state index in [0.29, 0.717) is 13.0 Å². The van der Waals surface area contributed by atoms with E-state index in [1.165, 1.54) is 0 Å². The van der Waals surface area contributed by atoms with Crippen molar-refractivity contribution >= 4 is 6.03 Å². The summed E-state index contributed by atoms with van der Waals surface area (Å²) in [4.78, 5) is 11.7. The van der Waals surface area contributed by atoms with Gasteiger partial charge in [0.25, 0.3) is 0 Å². The molecule has 6 heteroatoms. The molecule has 2 unspecified atom stereocenters. The monoisotopic (exact) mass is 268 g/mol. The molecule has 0 saturated heterocycles. The van der Waals surface area contributed by atoms with Crippen molar-refractivity contribution in [3.05, 3.63) is 18.0 Å². The van der Waals surface area contributed by atoms with Crippen LogP contribution >= 0.6 is 0 Å². The second-order valence-electron chi connectivity index (χ2n) is 5.17. The quantitative estimate of drug-likeness (QED) is 0.725. The minimum Gasteiger partial charge on any atom is -0.393 e. The molecule has 0 saturated carbocycles. The normalized spacial score (nSPS) is 14.2. The number of aromatic nitrogens is 2. The Bertz CT molecular complexity index is 403. The minimum atomic E-state index is -0.379. The molecule has 0 spiro atoms. The van der Waals surface area contributed by atoms with Gasteiger partial charge in [-0.2, -0.15) is 5.10 Å². The van der Waals surface area contributed by atoms with Crippen LogP contribution in [-0.4, -0.2) is 33.6 Å². The van der Waals surface area contributed by atoms with Crippen LogP contribution in [0.5, 0.6) is 0 Å². The van der Waals surface area contributed by atoms with Crippen molar-refractivity contribution < 1.29 is 9.90 Å². The summed E-state index contributed by atoms with van der Waals surface area (Å²) in [5.74, 6) is 0.208. The fourth-order valence-corrected chi connectivity index (χ4v) is 1.66. The van der Waals surface area contributed by atoms with Crippen molar-refractivity contribution in [2.75, 3.05) is 6.54 Å². The maximum atomic E-state index is 11.7. The summed E-state index contributed by atoms with van der Waals surface area (Å²) in [7, 11) is 1.84. The van der Waals surface area contributed by atoms with Gasteiger partial charge in [0.15, 0.2) is 0 Å². The molecule has 1 aromatic rings. The Morgan fingerprint density at radius 3 is 2.68 bits per heavy atom. The van der Waals surface area contributed by atoms with E-state index >= 15 is 0 Å². The average Bonchev–Trinajstić information content (AvgIpc) is 2.75. The number of amides is 2. The first-order chi connectivity index (χ1) is 8.90. The molecule has 6 nitrogen and oxygen atoms in total. The van der Waals surface area contributed by atoms with Crippen molar-refractivity contribution in [2.45, 2.75) is 39.3 Å². The summed E-state index contributed by atoms with van der Waals surface area (Å²) in [6.45, 7) is 6.27. The molecule has 0 radical (unpaired) electrons. The van der Waals surface area contributed by atoms with Crippen LogP contribution in [0.3, 0.4) is 0 Å². The van der Waals surface area contributed by atoms with Crippen LogP contribution in [0.4, 0.5) is 4.79 Å². The molecular formula is C13H24N4O2. The average molecular weight is 268 g/mol. The number of nitrogens with zero attached hydrogens (tertiary/aromatic N) is 2. The lowest BCUT2D eigenvalue weighted by atomic mass is 10.0. The molecule has 19 heavy (non-hydrogen) atoms. The number of urea groups is 1. The summed E-state index contributed by atoms with van der Waals surface area (Å²) in [6.07, 6.45) is 3.78. The van der Waals surface area contributed by atoms with Gasteiger partial charge in [0.2, 0.25) is 0 Å². The second kappa shape index (κ2) is 7.13. The van der Waals surface area contributed by atoms with Crippen LogP contribution in [0.15, 0.2) is 12.4 Å². The van der Waals surface area contributed by atoms with Crippen molar-refractivity contribution in [3.63, 3.8) is 0 Å². The summed E-state index contributed by atoms with van der Waals surface area (Å²) in [6, 6.07) is -0.323. The third-order valence-corrected chi connectivity index (χ3v) is 3.07. The van der Waals surface area contributed by atoms with Crippen LogP contribution in [0.2, 0.25) is 0 Å². The predicted octanol–water partition coefficient (Wildman–Crippen LogP) is 1.19. The lowest BCUT2D eigenvalue weighted by Crippen LogP contribution is -2.38. The van der Waals surface area contributed by atoms with E-state index < -0.39 is 0 Å². The van der Waals surface area contributed by atoms with Gasteiger partial charge < -0.3 is 15.7 Å². The Hall–Kier alpha value is -1.56. The number of nitrogens with one attached hydrogen (secondary N) is 2. The Labute approximate surface area is 114 Å². The number of hydrogen-bond acceptors (Lipinski definition) is 3. The van der Waals surface area contributed by atoms with Gasteiger partial charge in [0, 0.05) is 25.4 Å². The van der Waals surface area contributed by atoms with Gasteiger partial charge in [-0.1, -0.05) is 13.8 Å². The van der Waals surface area contributed by atoms with Crippen molar-refractivity contribution in [3.8, 4) is 0 Å². The fraction of sp³-hybridized carbons (Fsp3) is 0.692. The molecule has 3 N–H and O–H groups in total. The third kappa shape index (κ3) is 5.30. The van der Waals surface area contributed by atoms with Gasteiger partial charge in [0.05, 0.1) is 18.3 Å². The third-order valence-electron chi connectivity index (χ3n) is 3.07. The van der Waals surface area contributed by atoms with Crippen LogP contribution in [0.1, 0.15) is 38.8 Å². The van der Waals surface area contributed by atoms with E-state index in [2.05, 4.69) is 15.7 Å². The molecule has 0 aliphatic carbocycles. The molecule has 0 bridgehead atoms. The van der Waals surface area contributed by atoms with Crippen LogP contribution in [0, 0.1) is 5.92 Å². The summed E-state index contributed by atoms with van der Waals surface area (Å²) < 4.78 is 1.70. The standard InChI is InChI=1S/C13H24N4O2/c1-9(2)12(18)5-6-14-13(19)16-10(3)11-7-15-17(4)8-11/h7-10,12,18H,5-6H2,1-4H3,(H2,14,16,19). The summed E-state index contributed by atoms with van der Waals surface area (Å²) >= 11 is 0. The van der Waals surface area contributed by atoms with Gasteiger partial charge in [-0.15, -0.1) is 0 Å². The smallest absolute Gasteiger partial charge is 0.315 e. The number of aryl methyl sites for hydroxylation is 1. The molecular weight excluding hydrogens is 244 g/mol. The first-order valence-electron chi connectivity index (χ1n) is 6.61. The van der Waals surface area contributed by atoms with E-state index in [9.17, 15) is 9.90 Å². The van der Waals surface area contributed by atoms with Crippen LogP contribution in [-0.2, 0) is 7.05 Å². The van der Waals surface area contributed by atoms with E-state index in [1.807, 2.05) is 34.0 Å². The highest BCUT2D eigenvalue weighted by atomic mass is 16.3. The first kappa shape index (κ1) is 15.5. The predicted molar refractivity (Wildman–Crippen MR) is 73.6 cm³/mol. The number of carbonyl (C=O) groups is 1. The number of aliphatic hydroxyl groups excluding tert-OH is 1. The van der Waals surface area contributed by atoms with Crippen LogP contribution < -0.4 is 10.6 Å². The zero-order chi connectivity index (χ0) is 14.4. The SMILES string of the molecule is CC(NC(=O)NCCC(O)C(C)C)c1cnn(C)c1. The zero-order valence-corrected chi connectivity index (χ0v) is 12.1. The molecule has 1 heterocycles. The summed E-state index contributed by atoms with van der Waals surface area (Å²) in [5, 5.41) is 19.2. The molecule has 0 aliphatic rings. The maximum Gasteiger partial charge on any atom is 0.315 e. The van der Waals surface area contributed by atoms with E-state index in [1.54, 1.807) is 10.9 Å². The van der Waals surface area contributed by atoms with Crippen molar-refractivity contribution in [1.82, 2.24) is 20.4 Å². The van der Waals surface area contributed by atoms with E-state index in [-0.39, 0.29) is 24.1 Å². The molecule has 0 aliphatic heterocycles. The van der Waals surface area contributed by atoms with E-state index in [4.69, 9.17) is 0 Å². The Morgan fingerprint density at radius 1 is 1.47 bits per heavy atom. The largest absolute Gasteiger partial charge is 0.393 e. The number of aliphatic hydroxyl groups is 1. The maximum absolute atomic E-state index is 11.7. The van der Waals surface area contributed by atoms with E-state index in [0.717, 1.165) is 5.56 Å². The first-order valence-corrected chi connectivity index (χ1v) is 6.61. The zero-order valence-electron chi connectivity index (χ0n) is 12.1. The highest BCUT2D eigenvalue weighted by Crippen LogP contribution is 2.09. The fourth-order valence-electron chi connectivity index (χ4n) is 1.66. The van der Waals surface area contributed by atoms with Gasteiger partial charge in [-0.25, -0.2) is 4.79 Å². The minimum absolute atomic E-state index is 0.0938. The number of rotatable bonds is 6. The topological polar surface area (TPSA) is 79.2 Å². The number of carbonyl (C=O) groups excluding carboxylic acids is 1. The lowest BCUT2D eigenvalue weighted by Gasteiger charge is -2.16. The van der Waals surface area contributed by atoms with Crippen molar-refractivity contribution in [1.29, 1.82) is 0 Å². The molecule has 0 aromatic carbocycles. The van der Waals surface area contributed by atoms with Gasteiger partial charge >= 0.3 is 6.03 Å². The molecule has 108 valence electrons. The lowest BCUT2D eigenvalue weighted by molar-refractivity contribution is 0.116. The highest BCUT2D eigenvalue weighted by Gasteiger charge is 2.12. The molecule has 2 atom stereocenters. The molecule has 2 amide bonds. The van der Waals surface area contributed by atoms with Gasteiger partial charge in [0.1, 0.15) is 0 Å².